The van der Waals surface area contributed by atoms with Gasteiger partial charge in [-0.3, -0.25) is 4.55 Å². The molecule has 0 bridgehead atoms. The van der Waals surface area contributed by atoms with E-state index in [1.807, 2.05) is 6.92 Å². The van der Waals surface area contributed by atoms with E-state index in [1.165, 1.54) is 11.4 Å². The van der Waals surface area contributed by atoms with Gasteiger partial charge in [-0.15, -0.1) is 0 Å². The predicted molar refractivity (Wildman–Crippen MR) is 83.6 cm³/mol. The van der Waals surface area contributed by atoms with Crippen LogP contribution in [0.3, 0.4) is 0 Å². The molecule has 2 rings (SSSR count). The van der Waals surface area contributed by atoms with Crippen LogP contribution in [0.5, 0.6) is 0 Å². The first kappa shape index (κ1) is 18.7. The van der Waals surface area contributed by atoms with Gasteiger partial charge in [0.05, 0.1) is 11.7 Å². The van der Waals surface area contributed by atoms with Gasteiger partial charge in [-0.25, -0.2) is 13.4 Å². The fourth-order valence-corrected chi connectivity index (χ4v) is 6.34. The standard InChI is InChI=1S/C11H19N3O6S3/c1-3-12-8-7-14(5-4-6-20-2)22(15,16)10-9(8)13-11(21-10)23(17,18)19/h8,12H,3-7H2,1-2H3,(H,17,18,19). The van der Waals surface area contributed by atoms with Gasteiger partial charge in [0.1, 0.15) is 0 Å². The lowest BCUT2D eigenvalue weighted by Crippen LogP contribution is -2.44. The van der Waals surface area contributed by atoms with E-state index in [2.05, 4.69) is 10.3 Å². The van der Waals surface area contributed by atoms with E-state index in [1.54, 1.807) is 0 Å². The largest absolute Gasteiger partial charge is 0.385 e. The molecule has 0 radical (unpaired) electrons. The van der Waals surface area contributed by atoms with Crippen molar-refractivity contribution < 1.29 is 26.1 Å². The van der Waals surface area contributed by atoms with Gasteiger partial charge in [-0.2, -0.15) is 12.7 Å². The zero-order valence-electron chi connectivity index (χ0n) is 12.7. The molecule has 0 saturated carbocycles. The molecule has 0 aromatic carbocycles. The summed E-state index contributed by atoms with van der Waals surface area (Å²) in [5.41, 5.74) is 0.146. The molecule has 9 nitrogen and oxygen atoms in total. The van der Waals surface area contributed by atoms with Gasteiger partial charge < -0.3 is 10.1 Å². The van der Waals surface area contributed by atoms with Crippen molar-refractivity contribution in [2.75, 3.05) is 33.4 Å². The fourth-order valence-electron chi connectivity index (χ4n) is 2.32. The molecule has 0 aliphatic carbocycles. The molecular weight excluding hydrogens is 366 g/mol. The number of aromatic nitrogens is 1. The number of likely N-dealkylation sites (N-methyl/N-ethyl adjacent to an activating group) is 1. The van der Waals surface area contributed by atoms with Crippen molar-refractivity contribution in [1.82, 2.24) is 14.6 Å². The zero-order chi connectivity index (χ0) is 17.3. The van der Waals surface area contributed by atoms with E-state index < -0.39 is 30.5 Å². The Morgan fingerprint density at radius 3 is 2.78 bits per heavy atom. The Kier molecular flexibility index (Phi) is 5.76. The van der Waals surface area contributed by atoms with E-state index in [-0.39, 0.29) is 23.0 Å². The number of nitrogens with zero attached hydrogens (tertiary/aromatic N) is 2. The third-order valence-electron chi connectivity index (χ3n) is 3.32. The van der Waals surface area contributed by atoms with Gasteiger partial charge in [-0.05, 0) is 13.0 Å². The van der Waals surface area contributed by atoms with E-state index in [0.29, 0.717) is 30.9 Å². The van der Waals surface area contributed by atoms with Gasteiger partial charge in [0.2, 0.25) is 4.34 Å². The second kappa shape index (κ2) is 7.09. The normalized spacial score (nSPS) is 21.3. The summed E-state index contributed by atoms with van der Waals surface area (Å²) in [6.07, 6.45) is 0.522. The molecular formula is C11H19N3O6S3. The number of fused-ring (bicyclic) bond motifs is 1. The summed E-state index contributed by atoms with van der Waals surface area (Å²) in [5, 5.41) is 3.09. The molecule has 1 aliphatic heterocycles. The molecule has 0 fully saturated rings. The summed E-state index contributed by atoms with van der Waals surface area (Å²) in [7, 11) is -6.85. The number of thiazole rings is 1. The molecule has 0 saturated heterocycles. The smallest absolute Gasteiger partial charge is 0.322 e. The first-order chi connectivity index (χ1) is 10.7. The highest BCUT2D eigenvalue weighted by atomic mass is 32.3. The summed E-state index contributed by atoms with van der Waals surface area (Å²) in [5.74, 6) is 0. The monoisotopic (exact) mass is 385 g/mol. The Morgan fingerprint density at radius 1 is 1.52 bits per heavy atom. The highest BCUT2D eigenvalue weighted by molar-refractivity contribution is 7.92. The first-order valence-corrected chi connectivity index (χ1v) is 10.6. The van der Waals surface area contributed by atoms with Crippen molar-refractivity contribution in [3.05, 3.63) is 5.69 Å². The zero-order valence-corrected chi connectivity index (χ0v) is 15.2. The topological polar surface area (TPSA) is 126 Å². The molecule has 1 aliphatic rings. The summed E-state index contributed by atoms with van der Waals surface area (Å²) in [4.78, 5) is 3.84. The SMILES string of the molecule is CCNC1CN(CCCOC)S(=O)(=O)c2sc(S(=O)(=O)O)nc21. The predicted octanol–water partition coefficient (Wildman–Crippen LogP) is 0.0812. The highest BCUT2D eigenvalue weighted by Gasteiger charge is 2.41. The quantitative estimate of drug-likeness (QED) is 0.499. The van der Waals surface area contributed by atoms with Crippen molar-refractivity contribution in [2.24, 2.45) is 0 Å². The van der Waals surface area contributed by atoms with Crippen LogP contribution in [-0.4, -0.2) is 64.0 Å². The van der Waals surface area contributed by atoms with Crippen molar-refractivity contribution >= 4 is 31.5 Å². The maximum Gasteiger partial charge on any atom is 0.322 e. The van der Waals surface area contributed by atoms with Crippen molar-refractivity contribution in [1.29, 1.82) is 0 Å². The average molecular weight is 385 g/mol. The molecule has 0 spiro atoms. The molecule has 12 heteroatoms. The number of sulfonamides is 1. The van der Waals surface area contributed by atoms with Crippen molar-refractivity contribution in [2.45, 2.75) is 27.9 Å². The Labute approximate surface area is 139 Å². The lowest BCUT2D eigenvalue weighted by Gasteiger charge is -2.31. The number of hydrogen-bond acceptors (Lipinski definition) is 8. The van der Waals surface area contributed by atoms with E-state index in [4.69, 9.17) is 9.29 Å². The van der Waals surface area contributed by atoms with Crippen molar-refractivity contribution in [3.8, 4) is 0 Å². The Bertz CT molecular complexity index is 758. The fraction of sp³-hybridized carbons (Fsp3) is 0.727. The lowest BCUT2D eigenvalue weighted by atomic mass is 10.2. The maximum atomic E-state index is 12.6. The molecule has 1 unspecified atom stereocenters. The van der Waals surface area contributed by atoms with Crippen LogP contribution in [0, 0.1) is 0 Å². The van der Waals surface area contributed by atoms with E-state index in [9.17, 15) is 16.8 Å². The number of ether oxygens (including phenoxy) is 1. The van der Waals surface area contributed by atoms with Crippen LogP contribution in [0.1, 0.15) is 25.1 Å². The van der Waals surface area contributed by atoms with Crippen LogP contribution in [0.2, 0.25) is 0 Å². The minimum Gasteiger partial charge on any atom is -0.385 e. The Morgan fingerprint density at radius 2 is 2.22 bits per heavy atom. The molecule has 2 N–H and O–H groups in total. The minimum atomic E-state index is -4.55. The second-order valence-electron chi connectivity index (χ2n) is 4.95. The molecule has 1 aromatic rings. The molecule has 23 heavy (non-hydrogen) atoms. The Hall–Kier alpha value is -0.630. The summed E-state index contributed by atoms with van der Waals surface area (Å²) < 4.78 is 62.4. The first-order valence-electron chi connectivity index (χ1n) is 6.92. The van der Waals surface area contributed by atoms with Crippen LogP contribution in [0.15, 0.2) is 8.55 Å². The van der Waals surface area contributed by atoms with Gasteiger partial charge in [0.15, 0.2) is 4.21 Å². The van der Waals surface area contributed by atoms with Crippen LogP contribution in [-0.2, 0) is 24.9 Å². The van der Waals surface area contributed by atoms with Gasteiger partial charge >= 0.3 is 10.1 Å². The maximum absolute atomic E-state index is 12.6. The van der Waals surface area contributed by atoms with E-state index in [0.717, 1.165) is 0 Å². The number of nitrogens with one attached hydrogen (secondary N) is 1. The molecule has 132 valence electrons. The Balaban J connectivity index is 2.44. The molecule has 0 amide bonds. The van der Waals surface area contributed by atoms with Gasteiger partial charge in [0.25, 0.3) is 10.0 Å². The van der Waals surface area contributed by atoms with Crippen LogP contribution in [0.4, 0.5) is 0 Å². The second-order valence-corrected chi connectivity index (χ2v) is 9.67. The summed E-state index contributed by atoms with van der Waals surface area (Å²) in [6.45, 7) is 3.25. The lowest BCUT2D eigenvalue weighted by molar-refractivity contribution is 0.185. The number of rotatable bonds is 7. The molecule has 2 heterocycles. The minimum absolute atomic E-state index is 0.139. The summed E-state index contributed by atoms with van der Waals surface area (Å²) in [6, 6.07) is -0.423. The number of methoxy groups -OCH3 is 1. The molecule has 1 atom stereocenters. The highest BCUT2D eigenvalue weighted by Crippen LogP contribution is 2.37. The third-order valence-corrected chi connectivity index (χ3v) is 7.96. The summed E-state index contributed by atoms with van der Waals surface area (Å²) >= 11 is 0.472. The van der Waals surface area contributed by atoms with Gasteiger partial charge in [0, 0.05) is 26.8 Å². The van der Waals surface area contributed by atoms with Crippen LogP contribution >= 0.6 is 11.3 Å². The van der Waals surface area contributed by atoms with Crippen LogP contribution in [0.25, 0.3) is 0 Å². The van der Waals surface area contributed by atoms with Crippen LogP contribution < -0.4 is 5.32 Å². The molecule has 1 aromatic heterocycles. The van der Waals surface area contributed by atoms with Gasteiger partial charge in [-0.1, -0.05) is 18.3 Å². The van der Waals surface area contributed by atoms with Crippen molar-refractivity contribution in [3.63, 3.8) is 0 Å². The third kappa shape index (κ3) is 3.90. The number of hydrogen-bond donors (Lipinski definition) is 2. The average Bonchev–Trinajstić information content (AvgIpc) is 2.90. The van der Waals surface area contributed by atoms with E-state index >= 15 is 0 Å².